The normalized spacial score (nSPS) is 12.0. The number of ketones is 3. The van der Waals surface area contributed by atoms with Crippen LogP contribution < -0.4 is 0 Å². The van der Waals surface area contributed by atoms with Gasteiger partial charge in [0.05, 0.1) is 0 Å². The summed E-state index contributed by atoms with van der Waals surface area (Å²) in [6, 6.07) is 16.5. The predicted octanol–water partition coefficient (Wildman–Crippen LogP) is 4.51. The van der Waals surface area contributed by atoms with Crippen molar-refractivity contribution < 1.29 is 14.4 Å². The van der Waals surface area contributed by atoms with Gasteiger partial charge >= 0.3 is 0 Å². The molecule has 0 N–H and O–H groups in total. The van der Waals surface area contributed by atoms with E-state index in [0.29, 0.717) is 28.7 Å². The van der Waals surface area contributed by atoms with E-state index >= 15 is 0 Å². The Morgan fingerprint density at radius 2 is 1.35 bits per heavy atom. The number of Topliss-reactive ketones (excluding diaryl/α,β-unsaturated/α-hetero) is 2. The van der Waals surface area contributed by atoms with Crippen LogP contribution in [0, 0.1) is 0 Å². The van der Waals surface area contributed by atoms with Crippen molar-refractivity contribution >= 4 is 17.3 Å². The largest absolute Gasteiger partial charge is 0.295 e. The Balaban J connectivity index is 2.15. The highest BCUT2D eigenvalue weighted by molar-refractivity contribution is 6.09. The van der Waals surface area contributed by atoms with Crippen molar-refractivity contribution in [1.82, 2.24) is 0 Å². The van der Waals surface area contributed by atoms with Crippen molar-refractivity contribution in [3.8, 4) is 0 Å². The Morgan fingerprint density at radius 1 is 0.769 bits per heavy atom. The van der Waals surface area contributed by atoms with E-state index in [1.807, 2.05) is 36.4 Å². The van der Waals surface area contributed by atoms with Crippen molar-refractivity contribution in [1.29, 1.82) is 0 Å². The molecule has 0 heterocycles. The maximum atomic E-state index is 12.4. The van der Waals surface area contributed by atoms with Gasteiger partial charge in [0.2, 0.25) is 0 Å². The second-order valence-corrected chi connectivity index (χ2v) is 6.20. The van der Waals surface area contributed by atoms with Crippen LogP contribution in [0.2, 0.25) is 0 Å². The molecule has 0 saturated carbocycles. The van der Waals surface area contributed by atoms with E-state index in [4.69, 9.17) is 0 Å². The molecule has 0 aliphatic heterocycles. The number of hydrogen-bond acceptors (Lipinski definition) is 3. The lowest BCUT2D eigenvalue weighted by Gasteiger charge is -2.04. The highest BCUT2D eigenvalue weighted by atomic mass is 16.1. The molecule has 0 spiro atoms. The van der Waals surface area contributed by atoms with Crippen molar-refractivity contribution in [2.45, 2.75) is 27.2 Å². The summed E-state index contributed by atoms with van der Waals surface area (Å²) in [6.45, 7) is 4.66. The van der Waals surface area contributed by atoms with E-state index < -0.39 is 0 Å². The number of rotatable bonds is 7. The molecule has 0 atom stereocenters. The minimum Gasteiger partial charge on any atom is -0.295 e. The van der Waals surface area contributed by atoms with Gasteiger partial charge in [-0.3, -0.25) is 14.4 Å². The van der Waals surface area contributed by atoms with E-state index in [1.165, 1.54) is 13.8 Å². The third kappa shape index (κ3) is 5.21. The van der Waals surface area contributed by atoms with Crippen molar-refractivity contribution in [2.75, 3.05) is 0 Å². The second kappa shape index (κ2) is 8.86. The molecule has 2 aromatic carbocycles. The minimum absolute atomic E-state index is 0.0165. The van der Waals surface area contributed by atoms with Gasteiger partial charge in [-0.1, -0.05) is 60.7 Å². The molecule has 132 valence electrons. The standard InChI is InChI=1S/C23H22O3/c1-16(17(2)24)15-22(18(3)25)14-11-19-9-12-21(13-10-19)23(26)20-7-5-4-6-8-20/h4-10,12-15H,11H2,1-3H3. The van der Waals surface area contributed by atoms with Gasteiger partial charge in [-0.15, -0.1) is 0 Å². The van der Waals surface area contributed by atoms with Crippen LogP contribution in [-0.2, 0) is 16.0 Å². The van der Waals surface area contributed by atoms with Gasteiger partial charge in [0, 0.05) is 16.7 Å². The van der Waals surface area contributed by atoms with E-state index in [-0.39, 0.29) is 17.3 Å². The molecule has 0 fully saturated rings. The third-order valence-electron chi connectivity index (χ3n) is 4.14. The van der Waals surface area contributed by atoms with Gasteiger partial charge < -0.3 is 0 Å². The average molecular weight is 346 g/mol. The summed E-state index contributed by atoms with van der Waals surface area (Å²) in [5.41, 5.74) is 3.34. The topological polar surface area (TPSA) is 51.2 Å². The second-order valence-electron chi connectivity index (χ2n) is 6.20. The summed E-state index contributed by atoms with van der Waals surface area (Å²) in [5.74, 6) is -0.153. The first-order chi connectivity index (χ1) is 12.4. The lowest BCUT2D eigenvalue weighted by Crippen LogP contribution is -2.01. The van der Waals surface area contributed by atoms with Crippen molar-refractivity contribution in [2.24, 2.45) is 0 Å². The number of benzene rings is 2. The molecular weight excluding hydrogens is 324 g/mol. The first kappa shape index (κ1) is 19.3. The average Bonchev–Trinajstić information content (AvgIpc) is 2.65. The first-order valence-corrected chi connectivity index (χ1v) is 8.47. The van der Waals surface area contributed by atoms with Crippen LogP contribution in [0.5, 0.6) is 0 Å². The zero-order valence-corrected chi connectivity index (χ0v) is 15.3. The van der Waals surface area contributed by atoms with Gasteiger partial charge in [-0.2, -0.15) is 0 Å². The summed E-state index contributed by atoms with van der Waals surface area (Å²) in [5, 5.41) is 0. The van der Waals surface area contributed by atoms with Crippen LogP contribution in [0.3, 0.4) is 0 Å². The molecular formula is C23H22O3. The fraction of sp³-hybridized carbons (Fsp3) is 0.174. The number of hydrogen-bond donors (Lipinski definition) is 0. The molecule has 0 amide bonds. The maximum absolute atomic E-state index is 12.4. The summed E-state index contributed by atoms with van der Waals surface area (Å²) >= 11 is 0. The molecule has 3 nitrogen and oxygen atoms in total. The Labute approximate surface area is 154 Å². The van der Waals surface area contributed by atoms with Crippen LogP contribution in [0.25, 0.3) is 0 Å². The SMILES string of the molecule is CC(=O)C(C)=CC(=CCc1ccc(C(=O)c2ccccc2)cc1)C(C)=O. The van der Waals surface area contributed by atoms with Gasteiger partial charge in [0.1, 0.15) is 0 Å². The molecule has 0 unspecified atom stereocenters. The van der Waals surface area contributed by atoms with Gasteiger partial charge in [0.25, 0.3) is 0 Å². The van der Waals surface area contributed by atoms with Crippen molar-refractivity contribution in [3.63, 3.8) is 0 Å². The summed E-state index contributed by atoms with van der Waals surface area (Å²) in [6.07, 6.45) is 3.98. The molecule has 0 aliphatic rings. The highest BCUT2D eigenvalue weighted by Gasteiger charge is 2.08. The molecule has 0 saturated heterocycles. The van der Waals surface area contributed by atoms with Crippen LogP contribution in [0.1, 0.15) is 42.3 Å². The first-order valence-electron chi connectivity index (χ1n) is 8.47. The van der Waals surface area contributed by atoms with Crippen LogP contribution in [-0.4, -0.2) is 17.3 Å². The quantitative estimate of drug-likeness (QED) is 0.421. The Kier molecular flexibility index (Phi) is 6.56. The van der Waals surface area contributed by atoms with Crippen LogP contribution in [0.4, 0.5) is 0 Å². The lowest BCUT2D eigenvalue weighted by atomic mass is 10.00. The third-order valence-corrected chi connectivity index (χ3v) is 4.14. The lowest BCUT2D eigenvalue weighted by molar-refractivity contribution is -0.113. The molecule has 3 heteroatoms. The number of allylic oxidation sites excluding steroid dienone is 4. The van der Waals surface area contributed by atoms with Gasteiger partial charge in [-0.05, 0) is 44.4 Å². The zero-order valence-electron chi connectivity index (χ0n) is 15.3. The minimum atomic E-state index is -0.0820. The molecule has 0 aromatic heterocycles. The molecule has 0 bridgehead atoms. The number of carbonyl (C=O) groups excluding carboxylic acids is 3. The highest BCUT2D eigenvalue weighted by Crippen LogP contribution is 2.13. The van der Waals surface area contributed by atoms with Crippen molar-refractivity contribution in [3.05, 3.63) is 94.6 Å². The van der Waals surface area contributed by atoms with Gasteiger partial charge in [-0.25, -0.2) is 0 Å². The predicted molar refractivity (Wildman–Crippen MR) is 103 cm³/mol. The van der Waals surface area contributed by atoms with E-state index in [9.17, 15) is 14.4 Å². The summed E-state index contributed by atoms with van der Waals surface area (Å²) in [7, 11) is 0. The monoisotopic (exact) mass is 346 g/mol. The van der Waals surface area contributed by atoms with Gasteiger partial charge in [0.15, 0.2) is 17.3 Å². The van der Waals surface area contributed by atoms with E-state index in [2.05, 4.69) is 0 Å². The van der Waals surface area contributed by atoms with E-state index in [1.54, 1.807) is 37.3 Å². The maximum Gasteiger partial charge on any atom is 0.193 e. The summed E-state index contributed by atoms with van der Waals surface area (Å²) < 4.78 is 0. The molecule has 0 radical (unpaired) electrons. The number of carbonyl (C=O) groups is 3. The Bertz CT molecular complexity index is 869. The smallest absolute Gasteiger partial charge is 0.193 e. The Morgan fingerprint density at radius 3 is 1.88 bits per heavy atom. The molecule has 2 rings (SSSR count). The van der Waals surface area contributed by atoms with Crippen LogP contribution in [0.15, 0.2) is 77.9 Å². The Hall–Kier alpha value is -3.07. The fourth-order valence-corrected chi connectivity index (χ4v) is 2.42. The zero-order chi connectivity index (χ0) is 19.1. The van der Waals surface area contributed by atoms with Crippen LogP contribution >= 0.6 is 0 Å². The molecule has 26 heavy (non-hydrogen) atoms. The van der Waals surface area contributed by atoms with E-state index in [0.717, 1.165) is 5.56 Å². The molecule has 0 aliphatic carbocycles. The summed E-state index contributed by atoms with van der Waals surface area (Å²) in [4.78, 5) is 35.5. The molecule has 2 aromatic rings. The fourth-order valence-electron chi connectivity index (χ4n) is 2.42.